The van der Waals surface area contributed by atoms with Crippen molar-refractivity contribution in [3.63, 3.8) is 0 Å². The van der Waals surface area contributed by atoms with Crippen LogP contribution in [0.1, 0.15) is 5.56 Å². The van der Waals surface area contributed by atoms with E-state index in [1.165, 1.54) is 27.5 Å². The molecule has 0 unspecified atom stereocenters. The number of hydrogen-bond donors (Lipinski definition) is 1. The summed E-state index contributed by atoms with van der Waals surface area (Å²) in [6.45, 7) is 2.16. The molecule has 0 fully saturated rings. The summed E-state index contributed by atoms with van der Waals surface area (Å²) in [6.07, 6.45) is 2.09. The van der Waals surface area contributed by atoms with Crippen molar-refractivity contribution in [3.05, 3.63) is 42.1 Å². The third-order valence-corrected chi connectivity index (χ3v) is 2.98. The van der Waals surface area contributed by atoms with Crippen molar-refractivity contribution in [1.29, 1.82) is 0 Å². The lowest BCUT2D eigenvalue weighted by Crippen LogP contribution is -3.00. The van der Waals surface area contributed by atoms with Crippen LogP contribution in [0.15, 0.2) is 36.5 Å². The van der Waals surface area contributed by atoms with Crippen molar-refractivity contribution < 1.29 is 17.0 Å². The molecule has 3 heteroatoms. The maximum atomic E-state index is 3.45. The van der Waals surface area contributed by atoms with Gasteiger partial charge in [0, 0.05) is 5.39 Å². The third kappa shape index (κ3) is 1.38. The number of hydrogen-bond acceptors (Lipinski definition) is 0. The van der Waals surface area contributed by atoms with Crippen molar-refractivity contribution in [2.75, 3.05) is 0 Å². The lowest BCUT2D eigenvalue weighted by molar-refractivity contribution is -0.646. The van der Waals surface area contributed by atoms with E-state index in [-0.39, 0.29) is 12.4 Å². The van der Waals surface area contributed by atoms with E-state index in [1.54, 1.807) is 0 Å². The fourth-order valence-electron chi connectivity index (χ4n) is 2.17. The van der Waals surface area contributed by atoms with Crippen molar-refractivity contribution >= 4 is 21.9 Å². The van der Waals surface area contributed by atoms with E-state index >= 15 is 0 Å². The van der Waals surface area contributed by atoms with Gasteiger partial charge in [0.2, 0.25) is 0 Å². The number of H-pyrrole nitrogens is 1. The molecule has 2 nitrogen and oxygen atoms in total. The molecule has 2 heterocycles. The average Bonchev–Trinajstić information content (AvgIpc) is 2.64. The predicted octanol–water partition coefficient (Wildman–Crippen LogP) is -0.542. The minimum absolute atomic E-state index is 0. The van der Waals surface area contributed by atoms with Gasteiger partial charge in [-0.1, -0.05) is 12.1 Å². The highest BCUT2D eigenvalue weighted by Gasteiger charge is 2.13. The number of nitrogens with one attached hydrogen (secondary N) is 1. The van der Waals surface area contributed by atoms with Gasteiger partial charge in [-0.15, -0.1) is 0 Å². The Hall–Kier alpha value is -1.54. The van der Waals surface area contributed by atoms with Crippen molar-refractivity contribution in [2.24, 2.45) is 7.05 Å². The molecule has 1 aromatic carbocycles. The molecule has 16 heavy (non-hydrogen) atoms. The number of fused-ring (bicyclic) bond motifs is 3. The second-order valence-corrected chi connectivity index (χ2v) is 4.00. The van der Waals surface area contributed by atoms with Gasteiger partial charge in [-0.3, -0.25) is 0 Å². The summed E-state index contributed by atoms with van der Waals surface area (Å²) in [4.78, 5) is 3.45. The van der Waals surface area contributed by atoms with E-state index in [9.17, 15) is 0 Å². The van der Waals surface area contributed by atoms with Crippen LogP contribution >= 0.6 is 0 Å². The van der Waals surface area contributed by atoms with Crippen LogP contribution in [0.3, 0.4) is 0 Å². The van der Waals surface area contributed by atoms with E-state index in [1.807, 2.05) is 0 Å². The zero-order valence-corrected chi connectivity index (χ0v) is 10.0. The monoisotopic (exact) mass is 232 g/mol. The minimum Gasteiger partial charge on any atom is -1.00 e. The number of benzene rings is 1. The van der Waals surface area contributed by atoms with Crippen molar-refractivity contribution in [3.8, 4) is 0 Å². The molecule has 0 bridgehead atoms. The molecule has 0 saturated heterocycles. The highest BCUT2D eigenvalue weighted by molar-refractivity contribution is 6.06. The molecule has 3 rings (SSSR count). The smallest absolute Gasteiger partial charge is 0.287 e. The van der Waals surface area contributed by atoms with Crippen LogP contribution in [0.25, 0.3) is 21.9 Å². The normalized spacial score (nSPS) is 10.6. The lowest BCUT2D eigenvalue weighted by atomic mass is 10.1. The number of para-hydroxylation sites is 1. The van der Waals surface area contributed by atoms with Gasteiger partial charge < -0.3 is 12.4 Å². The number of aromatic nitrogens is 2. The predicted molar refractivity (Wildman–Crippen MR) is 61.7 cm³/mol. The summed E-state index contributed by atoms with van der Waals surface area (Å²) in [5.74, 6) is 0. The number of pyridine rings is 1. The Morgan fingerprint density at radius 2 is 1.88 bits per heavy atom. The van der Waals surface area contributed by atoms with Crippen LogP contribution in [0.2, 0.25) is 0 Å². The Morgan fingerprint density at radius 3 is 2.69 bits per heavy atom. The lowest BCUT2D eigenvalue weighted by Gasteiger charge is -1.95. The molecule has 2 aromatic heterocycles. The molecule has 0 radical (unpaired) electrons. The Kier molecular flexibility index (Phi) is 2.60. The largest absolute Gasteiger partial charge is 1.00 e. The van der Waals surface area contributed by atoms with Crippen LogP contribution in [-0.2, 0) is 7.05 Å². The maximum absolute atomic E-state index is 3.45. The number of rotatable bonds is 0. The first-order chi connectivity index (χ1) is 7.27. The number of aryl methyl sites for hydroxylation is 2. The first-order valence-electron chi connectivity index (χ1n) is 5.13. The van der Waals surface area contributed by atoms with Crippen LogP contribution in [0.4, 0.5) is 0 Å². The van der Waals surface area contributed by atoms with Gasteiger partial charge in [0.1, 0.15) is 5.52 Å². The SMILES string of the molecule is Cc1cc[n+](C)c2[nH]c3ccccc3c12.[Cl-]. The Bertz CT molecular complexity index is 655. The Morgan fingerprint density at radius 1 is 1.12 bits per heavy atom. The minimum atomic E-state index is 0. The molecule has 0 aliphatic carbocycles. The molecule has 0 aliphatic heterocycles. The van der Waals surface area contributed by atoms with Gasteiger partial charge in [-0.2, -0.15) is 0 Å². The van der Waals surface area contributed by atoms with E-state index in [0.717, 1.165) is 0 Å². The van der Waals surface area contributed by atoms with Crippen LogP contribution in [0, 0.1) is 6.92 Å². The molecule has 0 spiro atoms. The highest BCUT2D eigenvalue weighted by Crippen LogP contribution is 2.25. The van der Waals surface area contributed by atoms with Gasteiger partial charge in [-0.25, -0.2) is 9.55 Å². The number of nitrogens with zero attached hydrogens (tertiary/aromatic N) is 1. The Labute approximate surface area is 100 Å². The molecule has 0 aliphatic rings. The molecular weight excluding hydrogens is 220 g/mol. The van der Waals surface area contributed by atoms with E-state index in [4.69, 9.17) is 0 Å². The number of aromatic amines is 1. The summed E-state index contributed by atoms with van der Waals surface area (Å²) in [7, 11) is 2.07. The molecule has 3 aromatic rings. The summed E-state index contributed by atoms with van der Waals surface area (Å²) >= 11 is 0. The zero-order chi connectivity index (χ0) is 10.4. The van der Waals surface area contributed by atoms with Gasteiger partial charge in [0.15, 0.2) is 0 Å². The molecule has 0 saturated carbocycles. The van der Waals surface area contributed by atoms with Gasteiger partial charge in [-0.05, 0) is 30.7 Å². The maximum Gasteiger partial charge on any atom is 0.287 e. The first-order valence-corrected chi connectivity index (χ1v) is 5.13. The summed E-state index contributed by atoms with van der Waals surface area (Å²) in [5, 5.41) is 2.64. The molecule has 0 atom stereocenters. The Balaban J connectivity index is 0.000000963. The van der Waals surface area contributed by atoms with Crippen LogP contribution < -0.4 is 17.0 Å². The average molecular weight is 233 g/mol. The summed E-state index contributed by atoms with van der Waals surface area (Å²) in [5.41, 5.74) is 3.72. The van der Waals surface area contributed by atoms with Crippen LogP contribution in [-0.4, -0.2) is 4.98 Å². The standard InChI is InChI=1S/C13H12N2.ClH/c1-9-7-8-15(2)13-12(9)10-5-3-4-6-11(10)14-13;/h3-8H,1-2H3;1H. The van der Waals surface area contributed by atoms with E-state index < -0.39 is 0 Å². The molecule has 82 valence electrons. The topological polar surface area (TPSA) is 19.7 Å². The van der Waals surface area contributed by atoms with Gasteiger partial charge in [0.25, 0.3) is 5.65 Å². The summed E-state index contributed by atoms with van der Waals surface area (Å²) < 4.78 is 2.13. The van der Waals surface area contributed by atoms with Gasteiger partial charge in [0.05, 0.1) is 18.6 Å². The second-order valence-electron chi connectivity index (χ2n) is 4.00. The third-order valence-electron chi connectivity index (χ3n) is 2.98. The molecule has 1 N–H and O–H groups in total. The van der Waals surface area contributed by atoms with E-state index in [2.05, 4.69) is 60.1 Å². The quantitative estimate of drug-likeness (QED) is 0.503. The molecule has 0 amide bonds. The second kappa shape index (κ2) is 3.80. The number of halogens is 1. The fourth-order valence-corrected chi connectivity index (χ4v) is 2.17. The first kappa shape index (κ1) is 11.0. The van der Waals surface area contributed by atoms with Crippen LogP contribution in [0.5, 0.6) is 0 Å². The van der Waals surface area contributed by atoms with Gasteiger partial charge >= 0.3 is 0 Å². The van der Waals surface area contributed by atoms with Crippen molar-refractivity contribution in [1.82, 2.24) is 4.98 Å². The van der Waals surface area contributed by atoms with Crippen molar-refractivity contribution in [2.45, 2.75) is 6.92 Å². The van der Waals surface area contributed by atoms with E-state index in [0.29, 0.717) is 0 Å². The zero-order valence-electron chi connectivity index (χ0n) is 9.29. The summed E-state index contributed by atoms with van der Waals surface area (Å²) in [6, 6.07) is 10.6. The fraction of sp³-hybridized carbons (Fsp3) is 0.154. The molecular formula is C13H13ClN2. The highest BCUT2D eigenvalue weighted by atomic mass is 35.5.